The molecule has 0 radical (unpaired) electrons. The Kier molecular flexibility index (Phi) is 4.75. The Balaban J connectivity index is 4.31. The zero-order chi connectivity index (χ0) is 9.78. The molecule has 74 valence electrons. The third-order valence-electron chi connectivity index (χ3n) is 2.06. The first kappa shape index (κ1) is 11.9. The predicted octanol–water partition coefficient (Wildman–Crippen LogP) is 0.460. The number of likely N-dealkylation sites (N-methyl/N-ethyl adjacent to an activating group) is 1. The second kappa shape index (κ2) is 4.80. The summed E-state index contributed by atoms with van der Waals surface area (Å²) in [7, 11) is 0. The number of aliphatic hydroxyl groups is 2. The fourth-order valence-corrected chi connectivity index (χ4v) is 1.54. The molecular weight excluding hydrogens is 154 g/mol. The Labute approximate surface area is 75.0 Å². The summed E-state index contributed by atoms with van der Waals surface area (Å²) in [6, 6.07) is -0.130. The molecular formula is C9H21NO2. The van der Waals surface area contributed by atoms with Crippen LogP contribution in [-0.4, -0.2) is 46.5 Å². The van der Waals surface area contributed by atoms with Gasteiger partial charge in [0.25, 0.3) is 0 Å². The molecule has 0 aromatic carbocycles. The number of aliphatic hydroxyl groups excluding tert-OH is 2. The van der Waals surface area contributed by atoms with Crippen molar-refractivity contribution in [3.8, 4) is 0 Å². The van der Waals surface area contributed by atoms with Crippen LogP contribution in [0, 0.1) is 0 Å². The van der Waals surface area contributed by atoms with Crippen LogP contribution >= 0.6 is 0 Å². The van der Waals surface area contributed by atoms with E-state index in [1.165, 1.54) is 0 Å². The molecule has 0 spiro atoms. The minimum absolute atomic E-state index is 0.00484. The van der Waals surface area contributed by atoms with E-state index in [4.69, 9.17) is 10.2 Å². The summed E-state index contributed by atoms with van der Waals surface area (Å²) < 4.78 is 0. The van der Waals surface area contributed by atoms with Crippen molar-refractivity contribution in [3.63, 3.8) is 0 Å². The van der Waals surface area contributed by atoms with Crippen molar-refractivity contribution in [2.45, 2.75) is 39.3 Å². The van der Waals surface area contributed by atoms with Crippen LogP contribution in [0.3, 0.4) is 0 Å². The molecule has 0 aliphatic rings. The average Bonchev–Trinajstić information content (AvgIpc) is 1.97. The Morgan fingerprint density at radius 3 is 1.67 bits per heavy atom. The smallest absolute Gasteiger partial charge is 0.0609 e. The SMILES string of the molecule is CCN(C(CO)CO)C(C)(C)C. The van der Waals surface area contributed by atoms with Crippen molar-refractivity contribution in [1.82, 2.24) is 4.90 Å². The molecule has 0 saturated heterocycles. The minimum atomic E-state index is -0.130. The fraction of sp³-hybridized carbons (Fsp3) is 1.00. The lowest BCUT2D eigenvalue weighted by Crippen LogP contribution is -2.51. The standard InChI is InChI=1S/C9H21NO2/c1-5-10(9(2,3)4)8(6-11)7-12/h8,11-12H,5-7H2,1-4H3. The number of hydrogen-bond acceptors (Lipinski definition) is 3. The second-order valence-electron chi connectivity index (χ2n) is 3.98. The van der Waals surface area contributed by atoms with Gasteiger partial charge in [0.1, 0.15) is 0 Å². The topological polar surface area (TPSA) is 43.7 Å². The van der Waals surface area contributed by atoms with Gasteiger partial charge < -0.3 is 10.2 Å². The molecule has 0 saturated carbocycles. The Bertz CT molecular complexity index is 116. The third-order valence-corrected chi connectivity index (χ3v) is 2.06. The maximum Gasteiger partial charge on any atom is 0.0609 e. The van der Waals surface area contributed by atoms with Gasteiger partial charge in [-0.3, -0.25) is 4.90 Å². The van der Waals surface area contributed by atoms with Crippen molar-refractivity contribution < 1.29 is 10.2 Å². The van der Waals surface area contributed by atoms with Gasteiger partial charge in [-0.2, -0.15) is 0 Å². The van der Waals surface area contributed by atoms with E-state index in [9.17, 15) is 0 Å². The van der Waals surface area contributed by atoms with Crippen molar-refractivity contribution in [2.24, 2.45) is 0 Å². The molecule has 0 aliphatic heterocycles. The molecule has 0 aliphatic carbocycles. The predicted molar refractivity (Wildman–Crippen MR) is 50.1 cm³/mol. The van der Waals surface area contributed by atoms with E-state index in [1.807, 2.05) is 6.92 Å². The summed E-state index contributed by atoms with van der Waals surface area (Å²) >= 11 is 0. The average molecular weight is 175 g/mol. The van der Waals surface area contributed by atoms with Crippen molar-refractivity contribution in [1.29, 1.82) is 0 Å². The van der Waals surface area contributed by atoms with Crippen LogP contribution < -0.4 is 0 Å². The van der Waals surface area contributed by atoms with Gasteiger partial charge >= 0.3 is 0 Å². The zero-order valence-electron chi connectivity index (χ0n) is 8.54. The van der Waals surface area contributed by atoms with E-state index in [1.54, 1.807) is 0 Å². The van der Waals surface area contributed by atoms with Gasteiger partial charge in [-0.15, -0.1) is 0 Å². The Morgan fingerprint density at radius 1 is 1.17 bits per heavy atom. The summed E-state index contributed by atoms with van der Waals surface area (Å²) in [5.74, 6) is 0. The largest absolute Gasteiger partial charge is 0.395 e. The number of rotatable bonds is 4. The molecule has 0 amide bonds. The van der Waals surface area contributed by atoms with Crippen molar-refractivity contribution in [3.05, 3.63) is 0 Å². The van der Waals surface area contributed by atoms with Gasteiger partial charge in [0.2, 0.25) is 0 Å². The van der Waals surface area contributed by atoms with Crippen LogP contribution in [0.15, 0.2) is 0 Å². The monoisotopic (exact) mass is 175 g/mol. The van der Waals surface area contributed by atoms with E-state index < -0.39 is 0 Å². The summed E-state index contributed by atoms with van der Waals surface area (Å²) in [6.45, 7) is 9.14. The Morgan fingerprint density at radius 2 is 1.58 bits per heavy atom. The molecule has 0 fully saturated rings. The highest BCUT2D eigenvalue weighted by Crippen LogP contribution is 2.15. The minimum Gasteiger partial charge on any atom is -0.395 e. The third kappa shape index (κ3) is 3.09. The number of nitrogens with zero attached hydrogens (tertiary/aromatic N) is 1. The van der Waals surface area contributed by atoms with E-state index in [2.05, 4.69) is 25.7 Å². The van der Waals surface area contributed by atoms with Crippen LogP contribution in [0.1, 0.15) is 27.7 Å². The van der Waals surface area contributed by atoms with Gasteiger partial charge in [0.05, 0.1) is 19.3 Å². The van der Waals surface area contributed by atoms with Gasteiger partial charge in [-0.05, 0) is 27.3 Å². The summed E-state index contributed by atoms with van der Waals surface area (Å²) in [4.78, 5) is 2.09. The summed E-state index contributed by atoms with van der Waals surface area (Å²) in [5, 5.41) is 18.0. The fourth-order valence-electron chi connectivity index (χ4n) is 1.54. The molecule has 0 atom stereocenters. The van der Waals surface area contributed by atoms with E-state index >= 15 is 0 Å². The first-order valence-electron chi connectivity index (χ1n) is 4.45. The van der Waals surface area contributed by atoms with E-state index in [0.717, 1.165) is 6.54 Å². The molecule has 3 heteroatoms. The van der Waals surface area contributed by atoms with Gasteiger partial charge in [-0.1, -0.05) is 6.92 Å². The first-order chi connectivity index (χ1) is 5.47. The highest BCUT2D eigenvalue weighted by molar-refractivity contribution is 4.81. The van der Waals surface area contributed by atoms with Crippen LogP contribution in [0.5, 0.6) is 0 Å². The molecule has 0 heterocycles. The highest BCUT2D eigenvalue weighted by atomic mass is 16.3. The lowest BCUT2D eigenvalue weighted by atomic mass is 10.0. The molecule has 2 N–H and O–H groups in total. The van der Waals surface area contributed by atoms with Gasteiger partial charge in [-0.25, -0.2) is 0 Å². The molecule has 0 aromatic heterocycles. The second-order valence-corrected chi connectivity index (χ2v) is 3.98. The Hall–Kier alpha value is -0.120. The van der Waals surface area contributed by atoms with Crippen LogP contribution in [0.4, 0.5) is 0 Å². The quantitative estimate of drug-likeness (QED) is 0.652. The van der Waals surface area contributed by atoms with Crippen LogP contribution in [-0.2, 0) is 0 Å². The van der Waals surface area contributed by atoms with Gasteiger partial charge in [0.15, 0.2) is 0 Å². The lowest BCUT2D eigenvalue weighted by Gasteiger charge is -2.39. The van der Waals surface area contributed by atoms with E-state index in [0.29, 0.717) is 0 Å². The molecule has 0 aromatic rings. The maximum absolute atomic E-state index is 8.99. The molecule has 0 bridgehead atoms. The number of hydrogen-bond donors (Lipinski definition) is 2. The highest BCUT2D eigenvalue weighted by Gasteiger charge is 2.26. The molecule has 0 unspecified atom stereocenters. The molecule has 3 nitrogen and oxygen atoms in total. The maximum atomic E-state index is 8.99. The zero-order valence-corrected chi connectivity index (χ0v) is 8.54. The van der Waals surface area contributed by atoms with Crippen LogP contribution in [0.2, 0.25) is 0 Å². The van der Waals surface area contributed by atoms with Crippen LogP contribution in [0.25, 0.3) is 0 Å². The van der Waals surface area contributed by atoms with E-state index in [-0.39, 0.29) is 24.8 Å². The summed E-state index contributed by atoms with van der Waals surface area (Å²) in [5.41, 5.74) is 0.00484. The van der Waals surface area contributed by atoms with Crippen molar-refractivity contribution >= 4 is 0 Å². The normalized spacial score (nSPS) is 13.0. The molecule has 12 heavy (non-hydrogen) atoms. The van der Waals surface area contributed by atoms with Crippen molar-refractivity contribution in [2.75, 3.05) is 19.8 Å². The summed E-state index contributed by atoms with van der Waals surface area (Å²) in [6.07, 6.45) is 0. The van der Waals surface area contributed by atoms with Gasteiger partial charge in [0, 0.05) is 5.54 Å². The first-order valence-corrected chi connectivity index (χ1v) is 4.45. The lowest BCUT2D eigenvalue weighted by molar-refractivity contribution is 0.0192. The molecule has 0 rings (SSSR count).